The van der Waals surface area contributed by atoms with Gasteiger partial charge in [0.25, 0.3) is 5.91 Å². The van der Waals surface area contributed by atoms with Crippen LogP contribution in [0, 0.1) is 12.7 Å². The fraction of sp³-hybridized carbons (Fsp3) is 0.235. The summed E-state index contributed by atoms with van der Waals surface area (Å²) in [5, 5.41) is 12.9. The van der Waals surface area contributed by atoms with Crippen LogP contribution in [0.2, 0.25) is 0 Å². The molecule has 0 saturated carbocycles. The number of fused-ring (bicyclic) bond motifs is 1. The lowest BCUT2D eigenvalue weighted by Gasteiger charge is -2.18. The molecule has 4 heteroatoms. The van der Waals surface area contributed by atoms with E-state index in [1.165, 1.54) is 6.07 Å². The van der Waals surface area contributed by atoms with Crippen LogP contribution in [-0.4, -0.2) is 17.1 Å². The Balaban J connectivity index is 1.87. The lowest BCUT2D eigenvalue weighted by molar-refractivity contribution is 0.0854. The van der Waals surface area contributed by atoms with Gasteiger partial charge in [0.1, 0.15) is 5.82 Å². The summed E-state index contributed by atoms with van der Waals surface area (Å²) in [7, 11) is 0. The SMILES string of the molecule is Cc1cccc(C(=O)N[C@@H]2c3ccccc3C[C@@H]2O)c1F. The second-order valence-electron chi connectivity index (χ2n) is 5.36. The van der Waals surface area contributed by atoms with Gasteiger partial charge in [0.2, 0.25) is 0 Å². The van der Waals surface area contributed by atoms with Crippen molar-refractivity contribution in [3.05, 3.63) is 70.5 Å². The zero-order valence-electron chi connectivity index (χ0n) is 11.6. The molecule has 0 fully saturated rings. The number of aliphatic hydroxyl groups is 1. The molecule has 1 aliphatic rings. The minimum absolute atomic E-state index is 0.00609. The summed E-state index contributed by atoms with van der Waals surface area (Å²) in [5.41, 5.74) is 2.34. The van der Waals surface area contributed by atoms with Crippen molar-refractivity contribution in [2.24, 2.45) is 0 Å². The minimum Gasteiger partial charge on any atom is -0.390 e. The molecule has 21 heavy (non-hydrogen) atoms. The Labute approximate surface area is 122 Å². The maximum atomic E-state index is 14.0. The molecule has 0 bridgehead atoms. The standard InChI is InChI=1S/C17H16FNO2/c1-10-5-4-8-13(15(10)18)17(21)19-16-12-7-3-2-6-11(12)9-14(16)20/h2-8,14,16,20H,9H2,1H3,(H,19,21)/t14-,16+/m0/s1. The van der Waals surface area contributed by atoms with Gasteiger partial charge in [-0.1, -0.05) is 36.4 Å². The molecule has 2 aromatic rings. The summed E-state index contributed by atoms with van der Waals surface area (Å²) in [6.45, 7) is 1.62. The van der Waals surface area contributed by atoms with Gasteiger partial charge in [0.15, 0.2) is 0 Å². The molecule has 108 valence electrons. The molecule has 2 atom stereocenters. The van der Waals surface area contributed by atoms with E-state index in [0.717, 1.165) is 11.1 Å². The summed E-state index contributed by atoms with van der Waals surface area (Å²) in [6, 6.07) is 11.8. The number of aryl methyl sites for hydroxylation is 1. The van der Waals surface area contributed by atoms with Crippen LogP contribution in [-0.2, 0) is 6.42 Å². The lowest BCUT2D eigenvalue weighted by Crippen LogP contribution is -2.34. The molecule has 0 aliphatic heterocycles. The van der Waals surface area contributed by atoms with Gasteiger partial charge in [-0.2, -0.15) is 0 Å². The maximum Gasteiger partial charge on any atom is 0.254 e. The van der Waals surface area contributed by atoms with Crippen molar-refractivity contribution < 1.29 is 14.3 Å². The lowest BCUT2D eigenvalue weighted by atomic mass is 10.1. The average Bonchev–Trinajstić information content (AvgIpc) is 2.78. The third kappa shape index (κ3) is 2.43. The molecule has 0 heterocycles. The van der Waals surface area contributed by atoms with Crippen LogP contribution in [0.15, 0.2) is 42.5 Å². The van der Waals surface area contributed by atoms with Gasteiger partial charge in [-0.25, -0.2) is 4.39 Å². The van der Waals surface area contributed by atoms with Gasteiger partial charge in [0.05, 0.1) is 17.7 Å². The molecule has 1 amide bonds. The topological polar surface area (TPSA) is 49.3 Å². The quantitative estimate of drug-likeness (QED) is 0.890. The van der Waals surface area contributed by atoms with E-state index in [-0.39, 0.29) is 5.56 Å². The smallest absolute Gasteiger partial charge is 0.254 e. The predicted molar refractivity (Wildman–Crippen MR) is 77.5 cm³/mol. The minimum atomic E-state index is -0.681. The number of aliphatic hydroxyl groups excluding tert-OH is 1. The van der Waals surface area contributed by atoms with Crippen LogP contribution in [0.25, 0.3) is 0 Å². The second kappa shape index (κ2) is 5.30. The molecule has 2 N–H and O–H groups in total. The third-order valence-corrected chi connectivity index (χ3v) is 3.93. The van der Waals surface area contributed by atoms with E-state index < -0.39 is 23.9 Å². The van der Waals surface area contributed by atoms with Crippen LogP contribution >= 0.6 is 0 Å². The van der Waals surface area contributed by atoms with Gasteiger partial charge in [-0.15, -0.1) is 0 Å². The molecule has 2 aromatic carbocycles. The van der Waals surface area contributed by atoms with Crippen LogP contribution in [0.1, 0.15) is 33.1 Å². The van der Waals surface area contributed by atoms with Crippen molar-refractivity contribution in [1.82, 2.24) is 5.32 Å². The molecular weight excluding hydrogens is 269 g/mol. The van der Waals surface area contributed by atoms with E-state index >= 15 is 0 Å². The number of hydrogen-bond donors (Lipinski definition) is 2. The average molecular weight is 285 g/mol. The Hall–Kier alpha value is -2.20. The largest absolute Gasteiger partial charge is 0.390 e. The number of halogens is 1. The molecule has 0 aromatic heterocycles. The van der Waals surface area contributed by atoms with Gasteiger partial charge in [0, 0.05) is 6.42 Å². The first-order chi connectivity index (χ1) is 10.1. The number of rotatable bonds is 2. The molecule has 0 radical (unpaired) electrons. The van der Waals surface area contributed by atoms with Crippen LogP contribution in [0.5, 0.6) is 0 Å². The monoisotopic (exact) mass is 285 g/mol. The van der Waals surface area contributed by atoms with Gasteiger partial charge in [-0.05, 0) is 29.7 Å². The Bertz CT molecular complexity index is 699. The first kappa shape index (κ1) is 13.8. The van der Waals surface area contributed by atoms with E-state index in [4.69, 9.17) is 0 Å². The maximum absolute atomic E-state index is 14.0. The zero-order chi connectivity index (χ0) is 15.0. The number of nitrogens with one attached hydrogen (secondary N) is 1. The molecule has 0 spiro atoms. The Kier molecular flexibility index (Phi) is 3.47. The summed E-state index contributed by atoms with van der Waals surface area (Å²) in [4.78, 5) is 12.3. The highest BCUT2D eigenvalue weighted by molar-refractivity contribution is 5.95. The molecule has 3 rings (SSSR count). The van der Waals surface area contributed by atoms with Crippen LogP contribution in [0.3, 0.4) is 0 Å². The Morgan fingerprint density at radius 1 is 1.24 bits per heavy atom. The molecule has 0 saturated heterocycles. The fourth-order valence-corrected chi connectivity index (χ4v) is 2.79. The molecule has 0 unspecified atom stereocenters. The van der Waals surface area contributed by atoms with Gasteiger partial charge in [-0.3, -0.25) is 4.79 Å². The normalized spacial score (nSPS) is 20.1. The van der Waals surface area contributed by atoms with E-state index in [9.17, 15) is 14.3 Å². The van der Waals surface area contributed by atoms with Crippen molar-refractivity contribution >= 4 is 5.91 Å². The van der Waals surface area contributed by atoms with E-state index in [0.29, 0.717) is 12.0 Å². The number of amides is 1. The van der Waals surface area contributed by atoms with Crippen molar-refractivity contribution in [1.29, 1.82) is 0 Å². The predicted octanol–water partition coefficient (Wildman–Crippen LogP) is 2.52. The van der Waals surface area contributed by atoms with Crippen molar-refractivity contribution in [3.8, 4) is 0 Å². The van der Waals surface area contributed by atoms with Gasteiger partial charge < -0.3 is 10.4 Å². The summed E-state index contributed by atoms with van der Waals surface area (Å²) < 4.78 is 14.0. The number of benzene rings is 2. The zero-order valence-corrected chi connectivity index (χ0v) is 11.6. The molecule has 1 aliphatic carbocycles. The third-order valence-electron chi connectivity index (χ3n) is 3.93. The summed E-state index contributed by atoms with van der Waals surface area (Å²) in [5.74, 6) is -1.02. The highest BCUT2D eigenvalue weighted by Gasteiger charge is 2.32. The number of carbonyl (C=O) groups is 1. The highest BCUT2D eigenvalue weighted by Crippen LogP contribution is 2.31. The first-order valence-electron chi connectivity index (χ1n) is 6.90. The second-order valence-corrected chi connectivity index (χ2v) is 5.36. The van der Waals surface area contributed by atoms with E-state index in [2.05, 4.69) is 5.32 Å². The Morgan fingerprint density at radius 3 is 2.81 bits per heavy atom. The van der Waals surface area contributed by atoms with Gasteiger partial charge >= 0.3 is 0 Å². The van der Waals surface area contributed by atoms with E-state index in [1.807, 2.05) is 24.3 Å². The van der Waals surface area contributed by atoms with Crippen LogP contribution in [0.4, 0.5) is 4.39 Å². The van der Waals surface area contributed by atoms with E-state index in [1.54, 1.807) is 19.1 Å². The van der Waals surface area contributed by atoms with Crippen molar-refractivity contribution in [3.63, 3.8) is 0 Å². The summed E-state index contributed by atoms with van der Waals surface area (Å²) in [6.07, 6.45) is -0.184. The van der Waals surface area contributed by atoms with Crippen LogP contribution < -0.4 is 5.32 Å². The van der Waals surface area contributed by atoms with Crippen molar-refractivity contribution in [2.45, 2.75) is 25.5 Å². The highest BCUT2D eigenvalue weighted by atomic mass is 19.1. The fourth-order valence-electron chi connectivity index (χ4n) is 2.79. The number of hydrogen-bond acceptors (Lipinski definition) is 2. The first-order valence-corrected chi connectivity index (χ1v) is 6.90. The summed E-state index contributed by atoms with van der Waals surface area (Å²) >= 11 is 0. The molecule has 3 nitrogen and oxygen atoms in total. The Morgan fingerprint density at radius 2 is 2.00 bits per heavy atom. The molecular formula is C17H16FNO2. The van der Waals surface area contributed by atoms with Crippen molar-refractivity contribution in [2.75, 3.05) is 0 Å². The number of carbonyl (C=O) groups excluding carboxylic acids is 1.